The smallest absolute Gasteiger partial charge is 0.154 e. The predicted molar refractivity (Wildman–Crippen MR) is 69.6 cm³/mol. The molecule has 2 rings (SSSR count). The molecular weight excluding hydrogens is 228 g/mol. The first-order chi connectivity index (χ1) is 7.24. The number of nitrogens with two attached hydrogens (primary N) is 2. The molecule has 0 fully saturated rings. The van der Waals surface area contributed by atoms with Crippen LogP contribution < -0.4 is 11.5 Å². The van der Waals surface area contributed by atoms with Gasteiger partial charge < -0.3 is 11.5 Å². The number of amidine groups is 2. The third-order valence-electron chi connectivity index (χ3n) is 2.54. The van der Waals surface area contributed by atoms with E-state index in [9.17, 15) is 0 Å². The van der Waals surface area contributed by atoms with Crippen LogP contribution in [0.15, 0.2) is 9.98 Å². The number of thioether (sulfide) groups is 2. The van der Waals surface area contributed by atoms with Crippen molar-refractivity contribution in [1.82, 2.24) is 0 Å². The fourth-order valence-electron chi connectivity index (χ4n) is 1.76. The number of aliphatic imine (C=N–C) groups is 2. The summed E-state index contributed by atoms with van der Waals surface area (Å²) in [7, 11) is 0. The van der Waals surface area contributed by atoms with E-state index in [2.05, 4.69) is 9.98 Å². The minimum absolute atomic E-state index is 0.436. The molecule has 2 unspecified atom stereocenters. The summed E-state index contributed by atoms with van der Waals surface area (Å²) in [5, 5.41) is 1.50. The van der Waals surface area contributed by atoms with Gasteiger partial charge in [0.1, 0.15) is 0 Å². The van der Waals surface area contributed by atoms with Crippen molar-refractivity contribution in [3.8, 4) is 0 Å². The highest BCUT2D eigenvalue weighted by Gasteiger charge is 2.18. The van der Waals surface area contributed by atoms with Crippen molar-refractivity contribution in [3.63, 3.8) is 0 Å². The number of rotatable bonds is 4. The van der Waals surface area contributed by atoms with Gasteiger partial charge >= 0.3 is 0 Å². The molecule has 2 atom stereocenters. The maximum absolute atomic E-state index is 5.61. The van der Waals surface area contributed by atoms with E-state index in [0.29, 0.717) is 12.1 Å². The summed E-state index contributed by atoms with van der Waals surface area (Å²) in [5.41, 5.74) is 11.2. The Bertz CT molecular complexity index is 262. The van der Waals surface area contributed by atoms with Gasteiger partial charge in [-0.1, -0.05) is 23.5 Å². The van der Waals surface area contributed by atoms with Crippen LogP contribution in [0.5, 0.6) is 0 Å². The number of hydrogen-bond acceptors (Lipinski definition) is 6. The number of nitrogens with zero attached hydrogens (tertiary/aromatic N) is 2. The average molecular weight is 244 g/mol. The van der Waals surface area contributed by atoms with Crippen LogP contribution in [0.4, 0.5) is 0 Å². The minimum atomic E-state index is 0.436. The van der Waals surface area contributed by atoms with Crippen LogP contribution in [0.25, 0.3) is 0 Å². The zero-order chi connectivity index (χ0) is 10.7. The second-order valence-corrected chi connectivity index (χ2v) is 5.88. The molecular formula is C9H16N4S2. The molecule has 0 saturated carbocycles. The molecule has 0 spiro atoms. The fraction of sp³-hybridized carbons (Fsp3) is 0.778. The lowest BCUT2D eigenvalue weighted by Gasteiger charge is -2.07. The van der Waals surface area contributed by atoms with Crippen molar-refractivity contribution >= 4 is 33.9 Å². The molecule has 0 amide bonds. The van der Waals surface area contributed by atoms with Gasteiger partial charge in [0.2, 0.25) is 0 Å². The van der Waals surface area contributed by atoms with Crippen LogP contribution in [0.2, 0.25) is 0 Å². The van der Waals surface area contributed by atoms with Gasteiger partial charge in [-0.3, -0.25) is 9.98 Å². The van der Waals surface area contributed by atoms with Crippen LogP contribution in [-0.2, 0) is 0 Å². The van der Waals surface area contributed by atoms with Crippen molar-refractivity contribution in [2.24, 2.45) is 21.5 Å². The molecule has 0 aliphatic carbocycles. The summed E-state index contributed by atoms with van der Waals surface area (Å²) in [6.45, 7) is 0. The average Bonchev–Trinajstić information content (AvgIpc) is 2.76. The Morgan fingerprint density at radius 1 is 1.00 bits per heavy atom. The van der Waals surface area contributed by atoms with E-state index in [1.807, 2.05) is 0 Å². The maximum atomic E-state index is 5.61. The number of hydrogen-bond donors (Lipinski definition) is 2. The van der Waals surface area contributed by atoms with E-state index in [1.165, 1.54) is 6.42 Å². The summed E-state index contributed by atoms with van der Waals surface area (Å²) in [4.78, 5) is 8.72. The quantitative estimate of drug-likeness (QED) is 0.774. The summed E-state index contributed by atoms with van der Waals surface area (Å²) >= 11 is 3.33. The Labute approximate surface area is 98.4 Å². The Morgan fingerprint density at radius 2 is 1.47 bits per heavy atom. The highest BCUT2D eigenvalue weighted by Crippen LogP contribution is 2.23. The molecule has 2 heterocycles. The SMILES string of the molecule is NC1=NC(CCCC2CSC(N)=N2)CS1. The van der Waals surface area contributed by atoms with Gasteiger partial charge in [-0.15, -0.1) is 0 Å². The molecule has 4 nitrogen and oxygen atoms in total. The fourth-order valence-corrected chi connectivity index (χ4v) is 3.41. The van der Waals surface area contributed by atoms with Gasteiger partial charge in [-0.2, -0.15) is 0 Å². The standard InChI is InChI=1S/C9H16N4S2/c10-8-12-6(4-14-8)2-1-3-7-5-15-9(11)13-7/h6-7H,1-5H2,(H2,10,12)(H2,11,13). The van der Waals surface area contributed by atoms with E-state index < -0.39 is 0 Å². The third kappa shape index (κ3) is 3.31. The Kier molecular flexibility index (Phi) is 3.80. The van der Waals surface area contributed by atoms with Crippen molar-refractivity contribution < 1.29 is 0 Å². The maximum Gasteiger partial charge on any atom is 0.154 e. The Balaban J connectivity index is 1.63. The van der Waals surface area contributed by atoms with E-state index in [0.717, 1.165) is 34.7 Å². The van der Waals surface area contributed by atoms with Crippen LogP contribution in [0, 0.1) is 0 Å². The van der Waals surface area contributed by atoms with E-state index in [-0.39, 0.29) is 0 Å². The zero-order valence-corrected chi connectivity index (χ0v) is 10.2. The van der Waals surface area contributed by atoms with Crippen molar-refractivity contribution in [2.75, 3.05) is 11.5 Å². The van der Waals surface area contributed by atoms with Gasteiger partial charge in [0, 0.05) is 11.5 Å². The lowest BCUT2D eigenvalue weighted by atomic mass is 10.1. The first-order valence-electron chi connectivity index (χ1n) is 5.16. The lowest BCUT2D eigenvalue weighted by molar-refractivity contribution is 0.569. The van der Waals surface area contributed by atoms with Gasteiger partial charge in [-0.05, 0) is 19.3 Å². The van der Waals surface area contributed by atoms with Gasteiger partial charge in [0.05, 0.1) is 12.1 Å². The molecule has 0 saturated heterocycles. The van der Waals surface area contributed by atoms with Crippen LogP contribution >= 0.6 is 23.5 Å². The summed E-state index contributed by atoms with van der Waals surface area (Å²) in [5.74, 6) is 2.10. The van der Waals surface area contributed by atoms with Gasteiger partial charge in [0.25, 0.3) is 0 Å². The molecule has 0 aromatic rings. The van der Waals surface area contributed by atoms with Crippen molar-refractivity contribution in [3.05, 3.63) is 0 Å². The van der Waals surface area contributed by atoms with Crippen molar-refractivity contribution in [1.29, 1.82) is 0 Å². The van der Waals surface area contributed by atoms with Gasteiger partial charge in [0.15, 0.2) is 10.3 Å². The monoisotopic (exact) mass is 244 g/mol. The molecule has 15 heavy (non-hydrogen) atoms. The Morgan fingerprint density at radius 3 is 1.80 bits per heavy atom. The molecule has 2 aliphatic heterocycles. The normalized spacial score (nSPS) is 30.4. The summed E-state index contributed by atoms with van der Waals surface area (Å²) < 4.78 is 0. The molecule has 84 valence electrons. The summed E-state index contributed by atoms with van der Waals surface area (Å²) in [6.07, 6.45) is 3.43. The summed E-state index contributed by atoms with van der Waals surface area (Å²) in [6, 6.07) is 0.871. The second-order valence-electron chi connectivity index (χ2n) is 3.80. The highest BCUT2D eigenvalue weighted by atomic mass is 32.2. The molecule has 0 aromatic heterocycles. The molecule has 2 aliphatic rings. The largest absolute Gasteiger partial charge is 0.379 e. The van der Waals surface area contributed by atoms with E-state index in [4.69, 9.17) is 11.5 Å². The van der Waals surface area contributed by atoms with E-state index >= 15 is 0 Å². The molecule has 0 radical (unpaired) electrons. The predicted octanol–water partition coefficient (Wildman–Crippen LogP) is 1.02. The minimum Gasteiger partial charge on any atom is -0.379 e. The molecule has 4 N–H and O–H groups in total. The first kappa shape index (κ1) is 11.1. The first-order valence-corrected chi connectivity index (χ1v) is 7.13. The van der Waals surface area contributed by atoms with E-state index in [1.54, 1.807) is 23.5 Å². The lowest BCUT2D eigenvalue weighted by Crippen LogP contribution is -2.08. The van der Waals surface area contributed by atoms with Crippen LogP contribution in [0.1, 0.15) is 19.3 Å². The van der Waals surface area contributed by atoms with Gasteiger partial charge in [-0.25, -0.2) is 0 Å². The molecule has 0 aromatic carbocycles. The highest BCUT2D eigenvalue weighted by molar-refractivity contribution is 8.14. The molecule has 6 heteroatoms. The molecule has 0 bridgehead atoms. The van der Waals surface area contributed by atoms with Crippen LogP contribution in [-0.4, -0.2) is 33.9 Å². The van der Waals surface area contributed by atoms with Crippen LogP contribution in [0.3, 0.4) is 0 Å². The third-order valence-corrected chi connectivity index (χ3v) is 4.45. The zero-order valence-electron chi connectivity index (χ0n) is 8.56. The Hall–Kier alpha value is -0.360. The second kappa shape index (κ2) is 5.12. The van der Waals surface area contributed by atoms with Crippen molar-refractivity contribution in [2.45, 2.75) is 31.3 Å². The topological polar surface area (TPSA) is 76.8 Å².